The van der Waals surface area contributed by atoms with Crippen LogP contribution in [0.4, 0.5) is 0 Å². The molecule has 0 N–H and O–H groups in total. The van der Waals surface area contributed by atoms with E-state index in [1.54, 1.807) is 11.6 Å². The van der Waals surface area contributed by atoms with Gasteiger partial charge in [0.2, 0.25) is 0 Å². The molecule has 0 amide bonds. The molecule has 0 saturated heterocycles. The summed E-state index contributed by atoms with van der Waals surface area (Å²) in [5.41, 5.74) is 4.17. The lowest BCUT2D eigenvalue weighted by Crippen LogP contribution is -2.36. The van der Waals surface area contributed by atoms with Crippen LogP contribution in [0.2, 0.25) is 0 Å². The SMILES string of the molecule is CCOC(=O)[C@H]1CC=CC[C@@H]1C(=O)n1nc2c(c1-c1ccccc1)[C@H](C)CC[C@H]2C(C)C. The number of rotatable bonds is 5. The molecular formula is C27H34N2O3. The van der Waals surface area contributed by atoms with Gasteiger partial charge in [-0.15, -0.1) is 0 Å². The molecule has 4 rings (SSSR count). The lowest BCUT2D eigenvalue weighted by atomic mass is 9.75. The van der Waals surface area contributed by atoms with Gasteiger partial charge in [0.15, 0.2) is 0 Å². The lowest BCUT2D eigenvalue weighted by Gasteiger charge is -2.29. The number of carbonyl (C=O) groups is 2. The molecule has 0 radical (unpaired) electrons. The quantitative estimate of drug-likeness (QED) is 0.429. The van der Waals surface area contributed by atoms with Gasteiger partial charge in [-0.2, -0.15) is 9.78 Å². The summed E-state index contributed by atoms with van der Waals surface area (Å²) in [4.78, 5) is 26.6. The first kappa shape index (κ1) is 22.5. The number of allylic oxidation sites excluding steroid dienone is 2. The van der Waals surface area contributed by atoms with E-state index in [2.05, 4.69) is 32.9 Å². The molecule has 170 valence electrons. The Morgan fingerprint density at radius 3 is 2.44 bits per heavy atom. The molecular weight excluding hydrogens is 400 g/mol. The number of ether oxygens (including phenoxy) is 1. The molecule has 32 heavy (non-hydrogen) atoms. The van der Waals surface area contributed by atoms with Crippen LogP contribution in [0.5, 0.6) is 0 Å². The van der Waals surface area contributed by atoms with Crippen molar-refractivity contribution in [1.29, 1.82) is 0 Å². The fourth-order valence-electron chi connectivity index (χ4n) is 5.35. The van der Waals surface area contributed by atoms with Crippen LogP contribution in [0, 0.1) is 17.8 Å². The molecule has 0 spiro atoms. The molecule has 0 saturated carbocycles. The monoisotopic (exact) mass is 434 g/mol. The average molecular weight is 435 g/mol. The van der Waals surface area contributed by atoms with Gasteiger partial charge < -0.3 is 4.74 Å². The Morgan fingerprint density at radius 2 is 1.78 bits per heavy atom. The number of hydrogen-bond donors (Lipinski definition) is 0. The maximum atomic E-state index is 14.0. The van der Waals surface area contributed by atoms with Gasteiger partial charge in [-0.25, -0.2) is 0 Å². The summed E-state index contributed by atoms with van der Waals surface area (Å²) in [5.74, 6) is -0.189. The molecule has 2 aromatic rings. The highest BCUT2D eigenvalue weighted by Gasteiger charge is 2.40. The van der Waals surface area contributed by atoms with Crippen LogP contribution in [-0.2, 0) is 9.53 Å². The fraction of sp³-hybridized carbons (Fsp3) is 0.519. The van der Waals surface area contributed by atoms with Crippen LogP contribution in [0.15, 0.2) is 42.5 Å². The second-order valence-electron chi connectivity index (χ2n) is 9.50. The van der Waals surface area contributed by atoms with Gasteiger partial charge in [-0.3, -0.25) is 9.59 Å². The largest absolute Gasteiger partial charge is 0.466 e. The van der Waals surface area contributed by atoms with Gasteiger partial charge in [0.25, 0.3) is 5.91 Å². The van der Waals surface area contributed by atoms with Gasteiger partial charge in [0.05, 0.1) is 29.8 Å². The molecule has 0 fully saturated rings. The number of nitrogens with zero attached hydrogens (tertiary/aromatic N) is 2. The van der Waals surface area contributed by atoms with Crippen LogP contribution < -0.4 is 0 Å². The summed E-state index contributed by atoms with van der Waals surface area (Å²) in [6, 6.07) is 10.1. The molecule has 5 nitrogen and oxygen atoms in total. The summed E-state index contributed by atoms with van der Waals surface area (Å²) in [6.45, 7) is 8.82. The van der Waals surface area contributed by atoms with Crippen molar-refractivity contribution in [2.24, 2.45) is 17.8 Å². The Balaban J connectivity index is 1.85. The van der Waals surface area contributed by atoms with Crippen LogP contribution in [0.1, 0.15) is 81.3 Å². The molecule has 1 aromatic heterocycles. The summed E-state index contributed by atoms with van der Waals surface area (Å²) in [6.07, 6.45) is 7.22. The summed E-state index contributed by atoms with van der Waals surface area (Å²) in [7, 11) is 0. The minimum atomic E-state index is -0.462. The summed E-state index contributed by atoms with van der Waals surface area (Å²) >= 11 is 0. The highest BCUT2D eigenvalue weighted by molar-refractivity contribution is 5.90. The van der Waals surface area contributed by atoms with Crippen LogP contribution >= 0.6 is 0 Å². The zero-order chi connectivity index (χ0) is 22.8. The van der Waals surface area contributed by atoms with E-state index >= 15 is 0 Å². The third-order valence-electron chi connectivity index (χ3n) is 7.10. The summed E-state index contributed by atoms with van der Waals surface area (Å²) < 4.78 is 6.94. The molecule has 0 bridgehead atoms. The smallest absolute Gasteiger partial charge is 0.310 e. The molecule has 2 aliphatic rings. The van der Waals surface area contributed by atoms with E-state index in [1.807, 2.05) is 30.4 Å². The van der Waals surface area contributed by atoms with Crippen molar-refractivity contribution in [3.63, 3.8) is 0 Å². The zero-order valence-corrected chi connectivity index (χ0v) is 19.6. The third-order valence-corrected chi connectivity index (χ3v) is 7.10. The van der Waals surface area contributed by atoms with Crippen LogP contribution in [-0.4, -0.2) is 28.3 Å². The average Bonchev–Trinajstić information content (AvgIpc) is 3.20. The fourth-order valence-corrected chi connectivity index (χ4v) is 5.35. The van der Waals surface area contributed by atoms with Gasteiger partial charge in [0.1, 0.15) is 0 Å². The molecule has 0 unspecified atom stereocenters. The van der Waals surface area contributed by atoms with Crippen molar-refractivity contribution < 1.29 is 14.3 Å². The van der Waals surface area contributed by atoms with E-state index in [1.165, 1.54) is 5.56 Å². The van der Waals surface area contributed by atoms with E-state index in [4.69, 9.17) is 9.84 Å². The Hall–Kier alpha value is -2.69. The van der Waals surface area contributed by atoms with E-state index < -0.39 is 11.8 Å². The van der Waals surface area contributed by atoms with Crippen LogP contribution in [0.25, 0.3) is 11.3 Å². The summed E-state index contributed by atoms with van der Waals surface area (Å²) in [5, 5.41) is 4.99. The topological polar surface area (TPSA) is 61.2 Å². The van der Waals surface area contributed by atoms with Crippen molar-refractivity contribution in [3.8, 4) is 11.3 Å². The molecule has 4 atom stereocenters. The maximum absolute atomic E-state index is 14.0. The van der Waals surface area contributed by atoms with Crippen molar-refractivity contribution in [2.75, 3.05) is 6.61 Å². The Bertz CT molecular complexity index is 1010. The first-order valence-corrected chi connectivity index (χ1v) is 12.0. The number of carbonyl (C=O) groups excluding carboxylic acids is 2. The number of esters is 1. The normalized spacial score (nSPS) is 24.9. The third kappa shape index (κ3) is 4.05. The second-order valence-corrected chi connectivity index (χ2v) is 9.50. The van der Waals surface area contributed by atoms with Crippen molar-refractivity contribution in [3.05, 3.63) is 53.7 Å². The van der Waals surface area contributed by atoms with Crippen molar-refractivity contribution in [2.45, 2.75) is 65.2 Å². The molecule has 5 heteroatoms. The Kier molecular flexibility index (Phi) is 6.63. The number of hydrogen-bond acceptors (Lipinski definition) is 4. The Morgan fingerprint density at radius 1 is 1.09 bits per heavy atom. The van der Waals surface area contributed by atoms with Gasteiger partial charge in [0, 0.05) is 17.0 Å². The predicted molar refractivity (Wildman–Crippen MR) is 126 cm³/mol. The standard InChI is InChI=1S/C27H34N2O3/c1-5-32-27(31)22-14-10-9-13-21(22)26(30)29-25(19-11-7-6-8-12-19)23-18(4)15-16-20(17(2)3)24(23)28-29/h6-12,17-18,20-22H,5,13-16H2,1-4H3/t18-,20+,21+,22+/m1/s1. The zero-order valence-electron chi connectivity index (χ0n) is 19.6. The van der Waals surface area contributed by atoms with E-state index in [0.717, 1.165) is 29.8 Å². The van der Waals surface area contributed by atoms with E-state index in [9.17, 15) is 9.59 Å². The molecule has 1 heterocycles. The van der Waals surface area contributed by atoms with E-state index in [0.29, 0.717) is 37.2 Å². The van der Waals surface area contributed by atoms with Crippen molar-refractivity contribution in [1.82, 2.24) is 9.78 Å². The Labute approximate surface area is 190 Å². The molecule has 1 aromatic carbocycles. The first-order chi connectivity index (χ1) is 15.4. The maximum Gasteiger partial charge on any atom is 0.310 e. The number of aromatic nitrogens is 2. The van der Waals surface area contributed by atoms with Gasteiger partial charge in [-0.05, 0) is 44.4 Å². The highest BCUT2D eigenvalue weighted by Crippen LogP contribution is 2.46. The molecule has 2 aliphatic carbocycles. The minimum Gasteiger partial charge on any atom is -0.466 e. The van der Waals surface area contributed by atoms with E-state index in [-0.39, 0.29) is 11.9 Å². The van der Waals surface area contributed by atoms with Gasteiger partial charge >= 0.3 is 5.97 Å². The first-order valence-electron chi connectivity index (χ1n) is 12.0. The van der Waals surface area contributed by atoms with Crippen LogP contribution in [0.3, 0.4) is 0 Å². The minimum absolute atomic E-state index is 0.102. The predicted octanol–water partition coefficient (Wildman–Crippen LogP) is 5.97. The number of benzene rings is 1. The molecule has 0 aliphatic heterocycles. The van der Waals surface area contributed by atoms with Crippen molar-refractivity contribution >= 4 is 11.9 Å². The highest BCUT2D eigenvalue weighted by atomic mass is 16.5. The second kappa shape index (κ2) is 9.43. The lowest BCUT2D eigenvalue weighted by molar-refractivity contribution is -0.149. The van der Waals surface area contributed by atoms with Gasteiger partial charge in [-0.1, -0.05) is 63.3 Å². The number of fused-ring (bicyclic) bond motifs is 1.